The summed E-state index contributed by atoms with van der Waals surface area (Å²) in [6.45, 7) is 3.48. The predicted molar refractivity (Wildman–Crippen MR) is 95.8 cm³/mol. The van der Waals surface area contributed by atoms with E-state index in [1.54, 1.807) is 19.1 Å². The van der Waals surface area contributed by atoms with Crippen LogP contribution in [0.15, 0.2) is 47.4 Å². The van der Waals surface area contributed by atoms with Crippen molar-refractivity contribution < 1.29 is 27.5 Å². The van der Waals surface area contributed by atoms with Crippen molar-refractivity contribution in [1.29, 1.82) is 0 Å². The average molecular weight is 395 g/mol. The summed E-state index contributed by atoms with van der Waals surface area (Å²) in [5.41, 5.74) is 1.12. The van der Waals surface area contributed by atoms with Crippen molar-refractivity contribution in [1.82, 2.24) is 0 Å². The smallest absolute Gasteiger partial charge is 0.421 e. The highest BCUT2D eigenvalue weighted by Gasteiger charge is 2.69. The number of hydrogen-bond donors (Lipinski definition) is 0. The van der Waals surface area contributed by atoms with Gasteiger partial charge in [-0.15, -0.1) is 0 Å². The maximum atomic E-state index is 14.3. The van der Waals surface area contributed by atoms with E-state index in [9.17, 15) is 22.8 Å². The lowest BCUT2D eigenvalue weighted by Crippen LogP contribution is -2.49. The molecule has 0 spiro atoms. The zero-order valence-electron chi connectivity index (χ0n) is 14.8. The quantitative estimate of drug-likeness (QED) is 0.721. The second-order valence-corrected chi connectivity index (χ2v) is 7.51. The molecule has 2 aromatic carbocycles. The van der Waals surface area contributed by atoms with E-state index in [1.165, 1.54) is 30.3 Å². The van der Waals surface area contributed by atoms with Crippen molar-refractivity contribution in [2.75, 3.05) is 12.0 Å². The fourth-order valence-electron chi connectivity index (χ4n) is 2.99. The first-order valence-electron chi connectivity index (χ1n) is 7.98. The Morgan fingerprint density at radius 2 is 1.67 bits per heavy atom. The van der Waals surface area contributed by atoms with Crippen LogP contribution in [-0.2, 0) is 14.3 Å². The number of nitrogens with zero attached hydrogens (tertiary/aromatic N) is 1. The number of hydrogen-bond acceptors (Lipinski definition) is 4. The Balaban J connectivity index is 2.25. The van der Waals surface area contributed by atoms with Gasteiger partial charge in [0.05, 0.1) is 12.8 Å². The van der Waals surface area contributed by atoms with E-state index in [4.69, 9.17) is 0 Å². The molecule has 4 nitrogen and oxygen atoms in total. The number of imide groups is 1. The van der Waals surface area contributed by atoms with E-state index >= 15 is 0 Å². The zero-order chi connectivity index (χ0) is 20.0. The number of thioether (sulfide) groups is 1. The number of alkyl halides is 3. The first kappa shape index (κ1) is 19.3. The van der Waals surface area contributed by atoms with Gasteiger partial charge in [0.2, 0.25) is 4.75 Å². The van der Waals surface area contributed by atoms with Crippen molar-refractivity contribution >= 4 is 29.4 Å². The van der Waals surface area contributed by atoms with Crippen LogP contribution < -0.4 is 4.90 Å². The molecule has 0 unspecified atom stereocenters. The Morgan fingerprint density at radius 3 is 2.22 bits per heavy atom. The van der Waals surface area contributed by atoms with Crippen molar-refractivity contribution in [3.8, 4) is 0 Å². The summed E-state index contributed by atoms with van der Waals surface area (Å²) in [6.07, 6.45) is -6.09. The van der Waals surface area contributed by atoms with Crippen LogP contribution in [0.3, 0.4) is 0 Å². The van der Waals surface area contributed by atoms with E-state index in [1.807, 2.05) is 6.92 Å². The number of carbonyl (C=O) groups is 2. The number of benzene rings is 2. The molecule has 0 bridgehead atoms. The Bertz CT molecular complexity index is 911. The topological polar surface area (TPSA) is 46.6 Å². The Kier molecular flexibility index (Phi) is 4.71. The van der Waals surface area contributed by atoms with Crippen LogP contribution in [0.5, 0.6) is 0 Å². The zero-order valence-corrected chi connectivity index (χ0v) is 15.6. The van der Waals surface area contributed by atoms with Crippen molar-refractivity contribution in [2.45, 2.75) is 29.7 Å². The molecule has 1 aliphatic rings. The summed E-state index contributed by atoms with van der Waals surface area (Å²) >= 11 is 0.379. The molecule has 0 saturated carbocycles. The fraction of sp³-hybridized carbons (Fsp3) is 0.263. The lowest BCUT2D eigenvalue weighted by Gasteiger charge is -2.30. The third-order valence-corrected chi connectivity index (χ3v) is 5.77. The largest absolute Gasteiger partial charge is 0.452 e. The summed E-state index contributed by atoms with van der Waals surface area (Å²) < 4.78 is 44.6. The normalized spacial score (nSPS) is 19.2. The lowest BCUT2D eigenvalue weighted by atomic mass is 9.98. The maximum absolute atomic E-state index is 14.3. The molecule has 2 aromatic rings. The molecule has 0 N–H and O–H groups in total. The molecule has 0 aliphatic carbocycles. The highest BCUT2D eigenvalue weighted by Crippen LogP contribution is 2.59. The molecule has 0 saturated heterocycles. The maximum Gasteiger partial charge on any atom is 0.421 e. The average Bonchev–Trinajstić information content (AvgIpc) is 2.84. The highest BCUT2D eigenvalue weighted by atomic mass is 32.2. The second-order valence-electron chi connectivity index (χ2n) is 6.23. The molecule has 1 aliphatic heterocycles. The number of carbonyl (C=O) groups excluding carboxylic acids is 2. The van der Waals surface area contributed by atoms with Crippen LogP contribution in [0.4, 0.5) is 23.7 Å². The predicted octanol–water partition coefficient (Wildman–Crippen LogP) is 4.97. The van der Waals surface area contributed by atoms with Gasteiger partial charge in [0.1, 0.15) is 0 Å². The van der Waals surface area contributed by atoms with Crippen molar-refractivity contribution in [2.24, 2.45) is 0 Å². The molecule has 8 heteroatoms. The minimum absolute atomic E-state index is 0.108. The molecule has 0 fully saturated rings. The van der Waals surface area contributed by atoms with Gasteiger partial charge >= 0.3 is 12.3 Å². The number of methoxy groups -OCH3 is 1. The van der Waals surface area contributed by atoms with Crippen LogP contribution in [0.1, 0.15) is 16.7 Å². The molecule has 2 amide bonds. The lowest BCUT2D eigenvalue weighted by molar-refractivity contribution is -0.169. The van der Waals surface area contributed by atoms with Gasteiger partial charge in [0, 0.05) is 10.5 Å². The van der Waals surface area contributed by atoms with Gasteiger partial charge in [0.15, 0.2) is 0 Å². The first-order valence-corrected chi connectivity index (χ1v) is 8.79. The van der Waals surface area contributed by atoms with Gasteiger partial charge < -0.3 is 4.74 Å². The minimum atomic E-state index is -4.94. The summed E-state index contributed by atoms with van der Waals surface area (Å²) in [4.78, 5) is 25.9. The number of amides is 2. The van der Waals surface area contributed by atoms with Crippen molar-refractivity contribution in [3.63, 3.8) is 0 Å². The van der Waals surface area contributed by atoms with Crippen LogP contribution in [0, 0.1) is 13.8 Å². The van der Waals surface area contributed by atoms with Crippen LogP contribution in [-0.4, -0.2) is 25.3 Å². The Hall–Kier alpha value is -2.48. The number of anilines is 1. The van der Waals surface area contributed by atoms with E-state index < -0.39 is 22.9 Å². The second kappa shape index (κ2) is 6.60. The molecular formula is C19H16F3NO3S. The molecule has 1 heterocycles. The standard InChI is InChI=1S/C19H16F3NO3S/c1-11-4-7-13(8-5-11)27-18(19(20,21)22)14-9-6-12(2)10-15(14)23(16(18)24)17(25)26-3/h4-10H,1-3H3/t18-/m1/s1. The molecule has 0 aromatic heterocycles. The van der Waals surface area contributed by atoms with Gasteiger partial charge in [-0.3, -0.25) is 4.79 Å². The summed E-state index contributed by atoms with van der Waals surface area (Å²) in [6, 6.07) is 10.5. The number of fused-ring (bicyclic) bond motifs is 1. The number of ether oxygens (including phenoxy) is 1. The minimum Gasteiger partial charge on any atom is -0.452 e. The van der Waals surface area contributed by atoms with E-state index in [-0.39, 0.29) is 16.1 Å². The first-order chi connectivity index (χ1) is 12.6. The molecular weight excluding hydrogens is 379 g/mol. The van der Waals surface area contributed by atoms with Crippen molar-refractivity contribution in [3.05, 3.63) is 59.2 Å². The third kappa shape index (κ3) is 2.97. The number of halogens is 3. The van der Waals surface area contributed by atoms with Gasteiger partial charge in [-0.05, 0) is 37.6 Å². The van der Waals surface area contributed by atoms with Crippen LogP contribution >= 0.6 is 11.8 Å². The van der Waals surface area contributed by atoms with E-state index in [2.05, 4.69) is 4.74 Å². The fourth-order valence-corrected chi connectivity index (χ4v) is 4.20. The van der Waals surface area contributed by atoms with Gasteiger partial charge in [-0.1, -0.05) is 41.6 Å². The third-order valence-electron chi connectivity index (χ3n) is 4.33. The highest BCUT2D eigenvalue weighted by molar-refractivity contribution is 8.01. The number of aryl methyl sites for hydroxylation is 2. The molecule has 1 atom stereocenters. The monoisotopic (exact) mass is 395 g/mol. The molecule has 3 rings (SSSR count). The Labute approximate surface area is 158 Å². The van der Waals surface area contributed by atoms with Gasteiger partial charge in [0.25, 0.3) is 5.91 Å². The SMILES string of the molecule is COC(=O)N1C(=O)[C@@](Sc2ccc(C)cc2)(C(F)(F)F)c2ccc(C)cc21. The Morgan fingerprint density at radius 1 is 1.07 bits per heavy atom. The van der Waals surface area contributed by atoms with E-state index in [0.717, 1.165) is 12.7 Å². The van der Waals surface area contributed by atoms with Crippen LogP contribution in [0.25, 0.3) is 0 Å². The number of rotatable bonds is 2. The van der Waals surface area contributed by atoms with Crippen LogP contribution in [0.2, 0.25) is 0 Å². The summed E-state index contributed by atoms with van der Waals surface area (Å²) in [5.74, 6) is -1.38. The molecule has 142 valence electrons. The van der Waals surface area contributed by atoms with Gasteiger partial charge in [-0.2, -0.15) is 13.2 Å². The van der Waals surface area contributed by atoms with Gasteiger partial charge in [-0.25, -0.2) is 9.69 Å². The molecule has 27 heavy (non-hydrogen) atoms. The molecule has 0 radical (unpaired) electrons. The summed E-state index contributed by atoms with van der Waals surface area (Å²) in [5, 5.41) is 0. The van der Waals surface area contributed by atoms with E-state index in [0.29, 0.717) is 22.2 Å². The summed E-state index contributed by atoms with van der Waals surface area (Å²) in [7, 11) is 1.02.